The maximum atomic E-state index is 12.3. The molecular formula is C15H13N3O4S. The minimum atomic E-state index is -3.54. The van der Waals surface area contributed by atoms with Crippen molar-refractivity contribution < 1.29 is 13.2 Å². The zero-order chi connectivity index (χ0) is 16.6. The maximum absolute atomic E-state index is 12.3. The molecule has 8 heteroatoms. The Balaban J connectivity index is 2.16. The summed E-state index contributed by atoms with van der Waals surface area (Å²) in [6.45, 7) is 0. The van der Waals surface area contributed by atoms with Gasteiger partial charge in [0.15, 0.2) is 0 Å². The number of H-pyrrole nitrogens is 1. The molecule has 0 saturated heterocycles. The van der Waals surface area contributed by atoms with E-state index in [0.29, 0.717) is 22.3 Å². The molecule has 1 N–H and O–H groups in total. The first-order valence-corrected chi connectivity index (χ1v) is 8.52. The van der Waals surface area contributed by atoms with Crippen molar-refractivity contribution in [2.24, 2.45) is 0 Å². The number of hydrogen-bond donors (Lipinski definition) is 1. The molecule has 2 aromatic heterocycles. The smallest absolute Gasteiger partial charge is 0.257 e. The molecule has 2 heterocycles. The minimum Gasteiger partial charge on any atom is -0.497 e. The number of ether oxygens (including phenoxy) is 1. The Hall–Kier alpha value is -2.74. The van der Waals surface area contributed by atoms with E-state index < -0.39 is 9.84 Å². The Bertz CT molecular complexity index is 1040. The Morgan fingerprint density at radius 2 is 1.87 bits per heavy atom. The zero-order valence-corrected chi connectivity index (χ0v) is 13.2. The number of methoxy groups -OCH3 is 1. The van der Waals surface area contributed by atoms with Crippen LogP contribution in [0.3, 0.4) is 0 Å². The normalized spacial score (nSPS) is 11.6. The van der Waals surface area contributed by atoms with Crippen LogP contribution >= 0.6 is 0 Å². The average molecular weight is 331 g/mol. The number of aromatic nitrogens is 3. The number of hydrogen-bond acceptors (Lipinski definition) is 6. The van der Waals surface area contributed by atoms with Gasteiger partial charge in [0.1, 0.15) is 11.4 Å². The topological polar surface area (TPSA) is 102 Å². The third-order valence-corrected chi connectivity index (χ3v) is 4.16. The SMILES string of the molecule is COc1ccc(-c2cc3cnc(S(C)(=O)=O)nc3[nH]c2=O)cc1. The van der Waals surface area contributed by atoms with E-state index in [1.807, 2.05) is 0 Å². The quantitative estimate of drug-likeness (QED) is 0.728. The summed E-state index contributed by atoms with van der Waals surface area (Å²) in [5.41, 5.74) is 0.973. The molecule has 0 atom stereocenters. The van der Waals surface area contributed by atoms with Gasteiger partial charge >= 0.3 is 0 Å². The van der Waals surface area contributed by atoms with Gasteiger partial charge < -0.3 is 9.72 Å². The highest BCUT2D eigenvalue weighted by Crippen LogP contribution is 2.21. The van der Waals surface area contributed by atoms with Crippen LogP contribution in [0.15, 0.2) is 46.5 Å². The predicted molar refractivity (Wildman–Crippen MR) is 85.3 cm³/mol. The number of fused-ring (bicyclic) bond motifs is 1. The van der Waals surface area contributed by atoms with Gasteiger partial charge in [-0.3, -0.25) is 4.79 Å². The third-order valence-electron chi connectivity index (χ3n) is 3.30. The fraction of sp³-hybridized carbons (Fsp3) is 0.133. The van der Waals surface area contributed by atoms with E-state index in [1.165, 1.54) is 6.20 Å². The van der Waals surface area contributed by atoms with Crippen molar-refractivity contribution >= 4 is 20.9 Å². The number of nitrogens with one attached hydrogen (secondary N) is 1. The summed E-state index contributed by atoms with van der Waals surface area (Å²) in [4.78, 5) is 22.6. The molecule has 0 aliphatic carbocycles. The van der Waals surface area contributed by atoms with Crippen molar-refractivity contribution in [2.45, 2.75) is 5.16 Å². The van der Waals surface area contributed by atoms with Gasteiger partial charge in [0.2, 0.25) is 15.0 Å². The van der Waals surface area contributed by atoms with E-state index in [2.05, 4.69) is 15.0 Å². The Labute approximate surface area is 131 Å². The zero-order valence-electron chi connectivity index (χ0n) is 12.4. The maximum Gasteiger partial charge on any atom is 0.257 e. The van der Waals surface area contributed by atoms with E-state index in [0.717, 1.165) is 6.26 Å². The average Bonchev–Trinajstić information content (AvgIpc) is 2.53. The van der Waals surface area contributed by atoms with Gasteiger partial charge in [-0.1, -0.05) is 12.1 Å². The fourth-order valence-electron chi connectivity index (χ4n) is 2.14. The van der Waals surface area contributed by atoms with E-state index in [-0.39, 0.29) is 16.4 Å². The summed E-state index contributed by atoms with van der Waals surface area (Å²) in [6.07, 6.45) is 2.39. The van der Waals surface area contributed by atoms with Crippen LogP contribution in [0.1, 0.15) is 0 Å². The molecule has 0 bridgehead atoms. The van der Waals surface area contributed by atoms with E-state index in [1.54, 1.807) is 37.4 Å². The molecule has 0 aliphatic rings. The molecule has 0 spiro atoms. The monoisotopic (exact) mass is 331 g/mol. The number of nitrogens with zero attached hydrogens (tertiary/aromatic N) is 2. The second kappa shape index (κ2) is 5.47. The van der Waals surface area contributed by atoms with Crippen LogP contribution in [0.25, 0.3) is 22.2 Å². The molecule has 7 nitrogen and oxygen atoms in total. The molecule has 0 fully saturated rings. The van der Waals surface area contributed by atoms with Gasteiger partial charge in [-0.2, -0.15) is 0 Å². The van der Waals surface area contributed by atoms with Crippen molar-refractivity contribution in [1.29, 1.82) is 0 Å². The van der Waals surface area contributed by atoms with E-state index in [4.69, 9.17) is 4.74 Å². The summed E-state index contributed by atoms with van der Waals surface area (Å²) in [7, 11) is -1.97. The third kappa shape index (κ3) is 2.93. The summed E-state index contributed by atoms with van der Waals surface area (Å²) in [5.74, 6) is 0.687. The fourth-order valence-corrected chi connectivity index (χ4v) is 2.64. The lowest BCUT2D eigenvalue weighted by Crippen LogP contribution is -2.11. The highest BCUT2D eigenvalue weighted by atomic mass is 32.2. The second-order valence-electron chi connectivity index (χ2n) is 4.97. The molecule has 0 unspecified atom stereocenters. The summed E-state index contributed by atoms with van der Waals surface area (Å²) in [5, 5.41) is 0.223. The van der Waals surface area contributed by atoms with Crippen molar-refractivity contribution in [3.05, 3.63) is 46.9 Å². The number of pyridine rings is 1. The first-order valence-electron chi connectivity index (χ1n) is 6.63. The van der Waals surface area contributed by atoms with Crippen LogP contribution in [-0.4, -0.2) is 36.7 Å². The van der Waals surface area contributed by atoms with Crippen LogP contribution in [0, 0.1) is 0 Å². The van der Waals surface area contributed by atoms with Gasteiger partial charge in [0.05, 0.1) is 7.11 Å². The highest BCUT2D eigenvalue weighted by Gasteiger charge is 2.13. The molecule has 3 aromatic rings. The van der Waals surface area contributed by atoms with Crippen molar-refractivity contribution in [2.75, 3.05) is 13.4 Å². The number of benzene rings is 1. The second-order valence-corrected chi connectivity index (χ2v) is 6.88. The molecule has 23 heavy (non-hydrogen) atoms. The van der Waals surface area contributed by atoms with Gasteiger partial charge in [-0.05, 0) is 23.8 Å². The van der Waals surface area contributed by atoms with Gasteiger partial charge in [-0.15, -0.1) is 0 Å². The van der Waals surface area contributed by atoms with E-state index >= 15 is 0 Å². The predicted octanol–water partition coefficient (Wildman–Crippen LogP) is 1.40. The molecule has 0 radical (unpaired) electrons. The van der Waals surface area contributed by atoms with Crippen LogP contribution in [0.2, 0.25) is 0 Å². The minimum absolute atomic E-state index is 0.183. The van der Waals surface area contributed by atoms with Crippen molar-refractivity contribution in [3.63, 3.8) is 0 Å². The van der Waals surface area contributed by atoms with Crippen molar-refractivity contribution in [3.8, 4) is 16.9 Å². The molecular weight excluding hydrogens is 318 g/mol. The molecule has 3 rings (SSSR count). The lowest BCUT2D eigenvalue weighted by molar-refractivity contribution is 0.415. The number of aromatic amines is 1. The van der Waals surface area contributed by atoms with Gasteiger partial charge in [-0.25, -0.2) is 18.4 Å². The first-order chi connectivity index (χ1) is 10.9. The summed E-state index contributed by atoms with van der Waals surface area (Å²) >= 11 is 0. The molecule has 0 aliphatic heterocycles. The largest absolute Gasteiger partial charge is 0.497 e. The lowest BCUT2D eigenvalue weighted by Gasteiger charge is -2.05. The van der Waals surface area contributed by atoms with Crippen LogP contribution in [0.4, 0.5) is 0 Å². The van der Waals surface area contributed by atoms with Gasteiger partial charge in [0.25, 0.3) is 5.56 Å². The molecule has 0 saturated carbocycles. The number of sulfone groups is 1. The van der Waals surface area contributed by atoms with Crippen LogP contribution < -0.4 is 10.3 Å². The Kier molecular flexibility index (Phi) is 3.61. The molecule has 0 amide bonds. The highest BCUT2D eigenvalue weighted by molar-refractivity contribution is 7.90. The standard InChI is InChI=1S/C15H13N3O4S/c1-22-11-5-3-9(4-6-11)12-7-10-8-16-15(23(2,20)21)18-13(10)17-14(12)19/h3-8H,1-2H3,(H,16,17,18,19). The summed E-state index contributed by atoms with van der Waals surface area (Å²) < 4.78 is 28.1. The molecule has 118 valence electrons. The van der Waals surface area contributed by atoms with Crippen LogP contribution in [0.5, 0.6) is 5.75 Å². The summed E-state index contributed by atoms with van der Waals surface area (Å²) in [6, 6.07) is 8.66. The Morgan fingerprint density at radius 1 is 1.17 bits per heavy atom. The number of rotatable bonds is 3. The first kappa shape index (κ1) is 15.2. The molecule has 1 aromatic carbocycles. The van der Waals surface area contributed by atoms with Gasteiger partial charge in [0, 0.05) is 23.4 Å². The Morgan fingerprint density at radius 3 is 2.48 bits per heavy atom. The van der Waals surface area contributed by atoms with E-state index in [9.17, 15) is 13.2 Å². The van der Waals surface area contributed by atoms with Crippen molar-refractivity contribution in [1.82, 2.24) is 15.0 Å². The lowest BCUT2D eigenvalue weighted by atomic mass is 10.1. The van der Waals surface area contributed by atoms with Crippen LogP contribution in [-0.2, 0) is 9.84 Å².